The highest BCUT2D eigenvalue weighted by Gasteiger charge is 2.39. The van der Waals surface area contributed by atoms with E-state index in [9.17, 15) is 15.2 Å². The van der Waals surface area contributed by atoms with Crippen LogP contribution in [0.2, 0.25) is 0 Å². The van der Waals surface area contributed by atoms with Crippen LogP contribution in [-0.2, 0) is 0 Å². The Bertz CT molecular complexity index is 699. The summed E-state index contributed by atoms with van der Waals surface area (Å²) in [7, 11) is 0. The van der Waals surface area contributed by atoms with E-state index in [0.29, 0.717) is 11.6 Å². The summed E-state index contributed by atoms with van der Waals surface area (Å²) in [5.74, 6) is 0.831. The maximum Gasteiger partial charge on any atom is 0.272 e. The van der Waals surface area contributed by atoms with Crippen LogP contribution in [0.1, 0.15) is 43.7 Å². The molecule has 25 heavy (non-hydrogen) atoms. The lowest BCUT2D eigenvalue weighted by molar-refractivity contribution is -0.385. The zero-order valence-electron chi connectivity index (χ0n) is 14.9. The molecule has 1 saturated heterocycles. The van der Waals surface area contributed by atoms with Gasteiger partial charge in [0, 0.05) is 23.4 Å². The normalized spacial score (nSPS) is 24.2. The van der Waals surface area contributed by atoms with Gasteiger partial charge in [0.25, 0.3) is 5.69 Å². The summed E-state index contributed by atoms with van der Waals surface area (Å²) in [5.41, 5.74) is 2.42. The molecular formula is C18H25N3O3S. The van der Waals surface area contributed by atoms with Crippen molar-refractivity contribution < 1.29 is 10.0 Å². The molecule has 1 saturated carbocycles. The van der Waals surface area contributed by atoms with Crippen LogP contribution in [0.15, 0.2) is 17.1 Å². The smallest absolute Gasteiger partial charge is 0.272 e. The Morgan fingerprint density at radius 2 is 2.00 bits per heavy atom. The van der Waals surface area contributed by atoms with Crippen LogP contribution >= 0.6 is 11.8 Å². The fourth-order valence-electron chi connectivity index (χ4n) is 3.74. The molecule has 2 fully saturated rings. The van der Waals surface area contributed by atoms with Crippen molar-refractivity contribution in [3.8, 4) is 0 Å². The average molecular weight is 363 g/mol. The van der Waals surface area contributed by atoms with Gasteiger partial charge in [-0.2, -0.15) is 0 Å². The standard InChI is InChI=1S/C18H25N3O3S/c1-11-12(2)16(21(23)24)9-8-15(11)19-18-20(14-6-4-5-7-14)17(10-25-18)13(3)22/h8-9,13-14,17,22H,4-7,10H2,1-3H3/t13-,17?/m1/s1. The van der Waals surface area contributed by atoms with Crippen molar-refractivity contribution in [3.63, 3.8) is 0 Å². The number of hydrogen-bond acceptors (Lipinski definition) is 5. The van der Waals surface area contributed by atoms with Crippen molar-refractivity contribution in [1.82, 2.24) is 4.90 Å². The molecule has 7 heteroatoms. The summed E-state index contributed by atoms with van der Waals surface area (Å²) in [6, 6.07) is 3.79. The van der Waals surface area contributed by atoms with Gasteiger partial charge in [0.05, 0.1) is 22.8 Å². The molecule has 1 aliphatic heterocycles. The van der Waals surface area contributed by atoms with Gasteiger partial charge in [0.15, 0.2) is 5.17 Å². The molecule has 2 aliphatic rings. The third-order valence-corrected chi connectivity index (χ3v) is 6.45. The largest absolute Gasteiger partial charge is 0.391 e. The maximum atomic E-state index is 11.1. The van der Waals surface area contributed by atoms with Crippen LogP contribution in [0.3, 0.4) is 0 Å². The monoisotopic (exact) mass is 363 g/mol. The van der Waals surface area contributed by atoms with Gasteiger partial charge in [-0.1, -0.05) is 24.6 Å². The van der Waals surface area contributed by atoms with Gasteiger partial charge in [-0.25, -0.2) is 4.99 Å². The molecule has 0 radical (unpaired) electrons. The van der Waals surface area contributed by atoms with Gasteiger partial charge >= 0.3 is 0 Å². The predicted octanol–water partition coefficient (Wildman–Crippen LogP) is 3.94. The minimum atomic E-state index is -0.402. The van der Waals surface area contributed by atoms with E-state index in [2.05, 4.69) is 4.90 Å². The number of aliphatic imine (C=N–C) groups is 1. The molecule has 1 aromatic rings. The number of aliphatic hydroxyl groups is 1. The summed E-state index contributed by atoms with van der Waals surface area (Å²) >= 11 is 1.68. The van der Waals surface area contributed by atoms with Gasteiger partial charge in [-0.3, -0.25) is 10.1 Å². The first-order chi connectivity index (χ1) is 11.9. The molecule has 1 aromatic carbocycles. The Balaban J connectivity index is 1.96. The molecule has 0 bridgehead atoms. The van der Waals surface area contributed by atoms with Crippen molar-refractivity contribution >= 4 is 28.3 Å². The summed E-state index contributed by atoms with van der Waals surface area (Å²) in [6.07, 6.45) is 4.32. The van der Waals surface area contributed by atoms with Gasteiger partial charge in [0.1, 0.15) is 0 Å². The number of hydrogen-bond donors (Lipinski definition) is 1. The number of nitro benzene ring substituents is 1. The van der Waals surface area contributed by atoms with Crippen LogP contribution < -0.4 is 0 Å². The van der Waals surface area contributed by atoms with Crippen LogP contribution in [0.4, 0.5) is 11.4 Å². The second kappa shape index (κ2) is 7.33. The zero-order chi connectivity index (χ0) is 18.1. The summed E-state index contributed by atoms with van der Waals surface area (Å²) in [4.78, 5) is 17.9. The molecule has 3 rings (SSSR count). The average Bonchev–Trinajstić information content (AvgIpc) is 3.20. The van der Waals surface area contributed by atoms with Gasteiger partial charge in [0.2, 0.25) is 0 Å². The highest BCUT2D eigenvalue weighted by molar-refractivity contribution is 8.14. The highest BCUT2D eigenvalue weighted by atomic mass is 32.2. The number of nitro groups is 1. The molecule has 1 aliphatic carbocycles. The third-order valence-electron chi connectivity index (χ3n) is 5.38. The second-order valence-electron chi connectivity index (χ2n) is 6.97. The van der Waals surface area contributed by atoms with Gasteiger partial charge in [-0.05, 0) is 45.2 Å². The van der Waals surface area contributed by atoms with Gasteiger partial charge < -0.3 is 10.0 Å². The lowest BCUT2D eigenvalue weighted by Gasteiger charge is -2.33. The second-order valence-corrected chi connectivity index (χ2v) is 7.96. The SMILES string of the molecule is Cc1c(N=C2SCC([C@@H](C)O)N2C2CCCC2)ccc([N+](=O)[O-])c1C. The van der Waals surface area contributed by atoms with Crippen LogP contribution in [0.25, 0.3) is 0 Å². The Morgan fingerprint density at radius 3 is 2.60 bits per heavy atom. The van der Waals surface area contributed by atoms with E-state index in [0.717, 1.165) is 35.0 Å². The number of nitrogens with zero attached hydrogens (tertiary/aromatic N) is 3. The van der Waals surface area contributed by atoms with Gasteiger partial charge in [-0.15, -0.1) is 0 Å². The first-order valence-electron chi connectivity index (χ1n) is 8.82. The van der Waals surface area contributed by atoms with E-state index in [-0.39, 0.29) is 16.7 Å². The highest BCUT2D eigenvalue weighted by Crippen LogP contribution is 2.37. The van der Waals surface area contributed by atoms with Crippen LogP contribution in [-0.4, -0.2) is 44.0 Å². The molecule has 1 N–H and O–H groups in total. The Kier molecular flexibility index (Phi) is 5.34. The first-order valence-corrected chi connectivity index (χ1v) is 9.81. The summed E-state index contributed by atoms with van der Waals surface area (Å²) in [5, 5.41) is 22.2. The Morgan fingerprint density at radius 1 is 1.32 bits per heavy atom. The van der Waals surface area contributed by atoms with E-state index in [4.69, 9.17) is 4.99 Å². The van der Waals surface area contributed by atoms with E-state index in [1.165, 1.54) is 18.9 Å². The Hall–Kier alpha value is -1.60. The lowest BCUT2D eigenvalue weighted by atomic mass is 10.1. The molecule has 1 heterocycles. The van der Waals surface area contributed by atoms with Crippen molar-refractivity contribution in [2.24, 2.45) is 4.99 Å². The van der Waals surface area contributed by atoms with Crippen LogP contribution in [0.5, 0.6) is 0 Å². The number of benzene rings is 1. The summed E-state index contributed by atoms with van der Waals surface area (Å²) < 4.78 is 0. The zero-order valence-corrected chi connectivity index (χ0v) is 15.8. The predicted molar refractivity (Wildman–Crippen MR) is 102 cm³/mol. The number of thioether (sulfide) groups is 1. The summed E-state index contributed by atoms with van der Waals surface area (Å²) in [6.45, 7) is 5.50. The van der Waals surface area contributed by atoms with Crippen molar-refractivity contribution in [2.75, 3.05) is 5.75 Å². The van der Waals surface area contributed by atoms with E-state index < -0.39 is 6.10 Å². The van der Waals surface area contributed by atoms with Crippen molar-refractivity contribution in [1.29, 1.82) is 0 Å². The van der Waals surface area contributed by atoms with Crippen LogP contribution in [0, 0.1) is 24.0 Å². The number of aliphatic hydroxyl groups excluding tert-OH is 1. The maximum absolute atomic E-state index is 11.1. The van der Waals surface area contributed by atoms with Crippen molar-refractivity contribution in [3.05, 3.63) is 33.4 Å². The molecule has 136 valence electrons. The molecular weight excluding hydrogens is 338 g/mol. The molecule has 6 nitrogen and oxygen atoms in total. The number of rotatable bonds is 4. The molecule has 0 amide bonds. The topological polar surface area (TPSA) is 79.0 Å². The molecule has 2 atom stereocenters. The third kappa shape index (κ3) is 3.53. The minimum Gasteiger partial charge on any atom is -0.391 e. The molecule has 0 spiro atoms. The number of amidine groups is 1. The fourth-order valence-corrected chi connectivity index (χ4v) is 5.10. The van der Waals surface area contributed by atoms with E-state index in [1.807, 2.05) is 13.8 Å². The quantitative estimate of drug-likeness (QED) is 0.647. The fraction of sp³-hybridized carbons (Fsp3) is 0.611. The van der Waals surface area contributed by atoms with E-state index >= 15 is 0 Å². The van der Waals surface area contributed by atoms with Crippen molar-refractivity contribution in [2.45, 2.75) is 64.6 Å². The molecule has 1 unspecified atom stereocenters. The van der Waals surface area contributed by atoms with E-state index in [1.54, 1.807) is 24.8 Å². The lowest BCUT2D eigenvalue weighted by Crippen LogP contribution is -2.46. The first kappa shape index (κ1) is 18.2. The Labute approximate surface area is 152 Å². The minimum absolute atomic E-state index is 0.0892. The molecule has 0 aromatic heterocycles.